The van der Waals surface area contributed by atoms with Crippen molar-refractivity contribution in [3.05, 3.63) is 72.2 Å². The summed E-state index contributed by atoms with van der Waals surface area (Å²) in [6.07, 6.45) is 6.82. The van der Waals surface area contributed by atoms with Crippen LogP contribution in [0.3, 0.4) is 0 Å². The number of pyridine rings is 1. The molecule has 3 aromatic rings. The van der Waals surface area contributed by atoms with Crippen LogP contribution in [0.15, 0.2) is 60.9 Å². The molecule has 0 spiro atoms. The second-order valence-corrected chi connectivity index (χ2v) is 6.44. The highest BCUT2D eigenvalue weighted by molar-refractivity contribution is 5.75. The molecule has 0 aliphatic carbocycles. The SMILES string of the molecule is O=C(NCCc1cn2ccccc2n1)N1CCC[C@@H]1c1ccccc1. The van der Waals surface area contributed by atoms with E-state index in [0.717, 1.165) is 37.1 Å². The molecule has 5 heteroatoms. The van der Waals surface area contributed by atoms with Gasteiger partial charge in [0.1, 0.15) is 5.65 Å². The minimum atomic E-state index is 0.0233. The lowest BCUT2D eigenvalue weighted by Gasteiger charge is -2.25. The minimum Gasteiger partial charge on any atom is -0.338 e. The van der Waals surface area contributed by atoms with Gasteiger partial charge in [0.2, 0.25) is 0 Å². The Bertz CT molecular complexity index is 825. The monoisotopic (exact) mass is 334 g/mol. The Balaban J connectivity index is 1.35. The fourth-order valence-corrected chi connectivity index (χ4v) is 3.54. The Morgan fingerprint density at radius 2 is 2.00 bits per heavy atom. The Morgan fingerprint density at radius 3 is 2.84 bits per heavy atom. The normalized spacial score (nSPS) is 17.1. The minimum absolute atomic E-state index is 0.0233. The molecule has 0 radical (unpaired) electrons. The van der Waals surface area contributed by atoms with Crippen LogP contribution in [0, 0.1) is 0 Å². The average Bonchev–Trinajstić information content (AvgIpc) is 3.29. The molecule has 2 aromatic heterocycles. The molecule has 0 unspecified atom stereocenters. The fraction of sp³-hybridized carbons (Fsp3) is 0.300. The molecule has 1 fully saturated rings. The van der Waals surface area contributed by atoms with Crippen LogP contribution in [0.25, 0.3) is 5.65 Å². The molecule has 1 N–H and O–H groups in total. The number of benzene rings is 1. The van der Waals surface area contributed by atoms with Crippen molar-refractivity contribution in [1.82, 2.24) is 19.6 Å². The number of imidazole rings is 1. The Labute approximate surface area is 147 Å². The highest BCUT2D eigenvalue weighted by Crippen LogP contribution is 2.31. The summed E-state index contributed by atoms with van der Waals surface area (Å²) in [5.74, 6) is 0. The van der Waals surface area contributed by atoms with Crippen LogP contribution < -0.4 is 5.32 Å². The van der Waals surface area contributed by atoms with Crippen LogP contribution in [-0.4, -0.2) is 33.4 Å². The number of urea groups is 1. The largest absolute Gasteiger partial charge is 0.338 e. The van der Waals surface area contributed by atoms with E-state index in [1.165, 1.54) is 5.56 Å². The third-order valence-electron chi connectivity index (χ3n) is 4.77. The number of hydrogen-bond donors (Lipinski definition) is 1. The first-order chi connectivity index (χ1) is 12.3. The highest BCUT2D eigenvalue weighted by Gasteiger charge is 2.29. The van der Waals surface area contributed by atoms with Crippen molar-refractivity contribution in [2.24, 2.45) is 0 Å². The number of rotatable bonds is 4. The number of nitrogens with one attached hydrogen (secondary N) is 1. The van der Waals surface area contributed by atoms with Gasteiger partial charge in [0.05, 0.1) is 11.7 Å². The number of likely N-dealkylation sites (tertiary alicyclic amines) is 1. The highest BCUT2D eigenvalue weighted by atomic mass is 16.2. The van der Waals surface area contributed by atoms with Gasteiger partial charge in [-0.05, 0) is 30.5 Å². The molecular weight excluding hydrogens is 312 g/mol. The summed E-state index contributed by atoms with van der Waals surface area (Å²) in [6.45, 7) is 1.42. The molecule has 1 aromatic carbocycles. The van der Waals surface area contributed by atoms with E-state index in [2.05, 4.69) is 22.4 Å². The lowest BCUT2D eigenvalue weighted by Crippen LogP contribution is -2.40. The van der Waals surface area contributed by atoms with Crippen molar-refractivity contribution >= 4 is 11.7 Å². The summed E-state index contributed by atoms with van der Waals surface area (Å²) in [5, 5.41) is 3.05. The molecule has 3 heterocycles. The number of amides is 2. The third kappa shape index (κ3) is 3.36. The predicted molar refractivity (Wildman–Crippen MR) is 97.4 cm³/mol. The quantitative estimate of drug-likeness (QED) is 0.795. The van der Waals surface area contributed by atoms with E-state index >= 15 is 0 Å². The van der Waals surface area contributed by atoms with E-state index in [1.807, 2.05) is 58.1 Å². The number of hydrogen-bond acceptors (Lipinski definition) is 2. The molecule has 1 aliphatic rings. The summed E-state index contributed by atoms with van der Waals surface area (Å²) >= 11 is 0. The molecule has 5 nitrogen and oxygen atoms in total. The predicted octanol–water partition coefficient (Wildman–Crippen LogP) is 3.42. The molecule has 1 aliphatic heterocycles. The fourth-order valence-electron chi connectivity index (χ4n) is 3.54. The zero-order chi connectivity index (χ0) is 17.1. The van der Waals surface area contributed by atoms with Crippen LogP contribution in [0.2, 0.25) is 0 Å². The molecule has 1 saturated heterocycles. The van der Waals surface area contributed by atoms with Crippen LogP contribution in [0.4, 0.5) is 4.79 Å². The average molecular weight is 334 g/mol. The van der Waals surface area contributed by atoms with E-state index in [0.29, 0.717) is 6.54 Å². The number of nitrogens with zero attached hydrogens (tertiary/aromatic N) is 3. The van der Waals surface area contributed by atoms with Crippen molar-refractivity contribution in [2.75, 3.05) is 13.1 Å². The lowest BCUT2D eigenvalue weighted by molar-refractivity contribution is 0.193. The first-order valence-corrected chi connectivity index (χ1v) is 8.83. The summed E-state index contributed by atoms with van der Waals surface area (Å²) in [5.41, 5.74) is 3.15. The van der Waals surface area contributed by atoms with Gasteiger partial charge in [0.15, 0.2) is 0 Å². The van der Waals surface area contributed by atoms with Gasteiger partial charge in [-0.25, -0.2) is 9.78 Å². The standard InChI is InChI=1S/C20H22N4O/c25-20(24-14-6-9-18(24)16-7-2-1-3-8-16)21-12-11-17-15-23-13-5-4-10-19(23)22-17/h1-5,7-8,10,13,15,18H,6,9,11-12,14H2,(H,21,25)/t18-/m1/s1. The van der Waals surface area contributed by atoms with E-state index < -0.39 is 0 Å². The van der Waals surface area contributed by atoms with Gasteiger partial charge in [-0.2, -0.15) is 0 Å². The molecule has 0 bridgehead atoms. The first-order valence-electron chi connectivity index (χ1n) is 8.83. The maximum atomic E-state index is 12.6. The van der Waals surface area contributed by atoms with Crippen molar-refractivity contribution in [3.8, 4) is 0 Å². The third-order valence-corrected chi connectivity index (χ3v) is 4.77. The molecule has 25 heavy (non-hydrogen) atoms. The second kappa shape index (κ2) is 6.97. The molecule has 0 saturated carbocycles. The van der Waals surface area contributed by atoms with Crippen molar-refractivity contribution in [2.45, 2.75) is 25.3 Å². The zero-order valence-corrected chi connectivity index (χ0v) is 14.1. The molecule has 2 amide bonds. The Hall–Kier alpha value is -2.82. The second-order valence-electron chi connectivity index (χ2n) is 6.44. The molecule has 1 atom stereocenters. The number of carbonyl (C=O) groups is 1. The van der Waals surface area contributed by atoms with Gasteiger partial charge in [-0.1, -0.05) is 36.4 Å². The van der Waals surface area contributed by atoms with Gasteiger partial charge in [-0.15, -0.1) is 0 Å². The van der Waals surface area contributed by atoms with Crippen molar-refractivity contribution in [3.63, 3.8) is 0 Å². The smallest absolute Gasteiger partial charge is 0.317 e. The summed E-state index contributed by atoms with van der Waals surface area (Å²) in [7, 11) is 0. The summed E-state index contributed by atoms with van der Waals surface area (Å²) in [4.78, 5) is 19.1. The summed E-state index contributed by atoms with van der Waals surface area (Å²) < 4.78 is 2.00. The van der Waals surface area contributed by atoms with E-state index in [4.69, 9.17) is 0 Å². The van der Waals surface area contributed by atoms with Crippen LogP contribution in [0.5, 0.6) is 0 Å². The zero-order valence-electron chi connectivity index (χ0n) is 14.1. The Kier molecular flexibility index (Phi) is 4.37. The lowest BCUT2D eigenvalue weighted by atomic mass is 10.1. The topological polar surface area (TPSA) is 49.6 Å². The van der Waals surface area contributed by atoms with Gasteiger partial charge in [0, 0.05) is 31.9 Å². The molecule has 128 valence electrons. The van der Waals surface area contributed by atoms with E-state index in [1.54, 1.807) is 0 Å². The van der Waals surface area contributed by atoms with Gasteiger partial charge < -0.3 is 14.6 Å². The number of aromatic nitrogens is 2. The van der Waals surface area contributed by atoms with Gasteiger partial charge >= 0.3 is 6.03 Å². The molecular formula is C20H22N4O. The van der Waals surface area contributed by atoms with Crippen LogP contribution in [-0.2, 0) is 6.42 Å². The summed E-state index contributed by atoms with van der Waals surface area (Å²) in [6, 6.07) is 16.4. The Morgan fingerprint density at radius 1 is 1.16 bits per heavy atom. The van der Waals surface area contributed by atoms with E-state index in [-0.39, 0.29) is 12.1 Å². The van der Waals surface area contributed by atoms with Crippen molar-refractivity contribution < 1.29 is 4.79 Å². The van der Waals surface area contributed by atoms with Gasteiger partial charge in [-0.3, -0.25) is 0 Å². The number of fused-ring (bicyclic) bond motifs is 1. The molecule has 4 rings (SSSR count). The van der Waals surface area contributed by atoms with Crippen molar-refractivity contribution in [1.29, 1.82) is 0 Å². The van der Waals surface area contributed by atoms with Crippen LogP contribution in [0.1, 0.15) is 30.1 Å². The maximum Gasteiger partial charge on any atom is 0.317 e. The maximum absolute atomic E-state index is 12.6. The first kappa shape index (κ1) is 15.7. The van der Waals surface area contributed by atoms with Gasteiger partial charge in [0.25, 0.3) is 0 Å². The number of carbonyl (C=O) groups excluding carboxylic acids is 1. The van der Waals surface area contributed by atoms with E-state index in [9.17, 15) is 4.79 Å². The van der Waals surface area contributed by atoms with Crippen LogP contribution >= 0.6 is 0 Å².